The van der Waals surface area contributed by atoms with Gasteiger partial charge in [-0.1, -0.05) is 81.4 Å². The van der Waals surface area contributed by atoms with E-state index in [4.69, 9.17) is 19.1 Å². The molecule has 0 heterocycles. The van der Waals surface area contributed by atoms with E-state index in [2.05, 4.69) is 102 Å². The zero-order valence-electron chi connectivity index (χ0n) is 23.3. The van der Waals surface area contributed by atoms with E-state index in [0.717, 1.165) is 28.4 Å². The molecule has 38 heavy (non-hydrogen) atoms. The summed E-state index contributed by atoms with van der Waals surface area (Å²) in [6.07, 6.45) is 0. The normalized spacial score (nSPS) is 10.8. The number of hydrogen-bond donors (Lipinski definition) is 0. The molecule has 0 aliphatic rings. The quantitative estimate of drug-likeness (QED) is 0.269. The smallest absolute Gasteiger partial charge is 0.127 e. The Morgan fingerprint density at radius 3 is 1.03 bits per heavy atom. The van der Waals surface area contributed by atoms with Crippen LogP contribution in [-0.4, -0.2) is 19.2 Å². The predicted molar refractivity (Wildman–Crippen MR) is 157 cm³/mol. The minimum absolute atomic E-state index is 0.163. The van der Waals surface area contributed by atoms with Crippen molar-refractivity contribution in [2.24, 2.45) is 0 Å². The number of carbonyl (C=O) groups is 2. The van der Waals surface area contributed by atoms with Gasteiger partial charge in [0.1, 0.15) is 36.4 Å². The van der Waals surface area contributed by atoms with Gasteiger partial charge in [-0.3, -0.25) is 0 Å². The van der Waals surface area contributed by atoms with Crippen LogP contribution in [-0.2, 0) is 15.0 Å². The van der Waals surface area contributed by atoms with Gasteiger partial charge in [-0.2, -0.15) is 0 Å². The number of ether oxygens (including phenoxy) is 2. The summed E-state index contributed by atoms with van der Waals surface area (Å²) >= 11 is 0. The molecule has 0 N–H and O–H groups in total. The first-order chi connectivity index (χ1) is 18.1. The molecule has 0 aliphatic heterocycles. The molecular formula is C34H38O4. The molecule has 198 valence electrons. The van der Waals surface area contributed by atoms with Crippen molar-refractivity contribution in [2.75, 3.05) is 0 Å². The fourth-order valence-electron chi connectivity index (χ4n) is 3.80. The van der Waals surface area contributed by atoms with E-state index in [-0.39, 0.29) is 11.0 Å². The van der Waals surface area contributed by atoms with E-state index in [1.165, 1.54) is 16.7 Å². The molecule has 0 saturated carbocycles. The fraction of sp³-hybridized carbons (Fsp3) is 0.235. The minimum atomic E-state index is -0.199. The molecule has 0 bridgehead atoms. The van der Waals surface area contributed by atoms with Gasteiger partial charge in [-0.15, -0.1) is 0 Å². The zero-order chi connectivity index (χ0) is 28.3. The van der Waals surface area contributed by atoms with Crippen molar-refractivity contribution in [3.63, 3.8) is 0 Å². The van der Waals surface area contributed by atoms with Gasteiger partial charge in [-0.25, -0.2) is 0 Å². The van der Waals surface area contributed by atoms with E-state index in [1.807, 2.05) is 50.0 Å². The highest BCUT2D eigenvalue weighted by atomic mass is 16.5. The van der Waals surface area contributed by atoms with Crippen LogP contribution in [0.25, 0.3) is 22.3 Å². The second-order valence-electron chi connectivity index (χ2n) is 10.7. The molecular weight excluding hydrogens is 472 g/mol. The SMILES string of the molecule is C=O.C=O.CC(C)(C)Oc1ccc(-c2ccc(Oc3ccc(-c4ccc(C(C)(C)C)cc4)cc3)cc2)cc1. The molecule has 0 spiro atoms. The Morgan fingerprint density at radius 1 is 0.447 bits per heavy atom. The van der Waals surface area contributed by atoms with E-state index >= 15 is 0 Å². The van der Waals surface area contributed by atoms with Crippen molar-refractivity contribution in [1.29, 1.82) is 0 Å². The van der Waals surface area contributed by atoms with Crippen LogP contribution >= 0.6 is 0 Å². The summed E-state index contributed by atoms with van der Waals surface area (Å²) in [5.41, 5.74) is 5.99. The Kier molecular flexibility index (Phi) is 10.6. The Morgan fingerprint density at radius 2 is 0.737 bits per heavy atom. The number of benzene rings is 4. The van der Waals surface area contributed by atoms with Gasteiger partial charge in [-0.05, 0) is 90.4 Å². The number of carbonyl (C=O) groups excluding carboxylic acids is 2. The summed E-state index contributed by atoms with van der Waals surface area (Å²) in [6.45, 7) is 16.9. The van der Waals surface area contributed by atoms with Crippen LogP contribution in [0.1, 0.15) is 47.1 Å². The van der Waals surface area contributed by atoms with E-state index in [9.17, 15) is 0 Å². The molecule has 4 heteroatoms. The summed E-state index contributed by atoms with van der Waals surface area (Å²) in [4.78, 5) is 16.0. The van der Waals surface area contributed by atoms with Crippen LogP contribution in [0, 0.1) is 0 Å². The Balaban J connectivity index is 0.00000121. The molecule has 0 radical (unpaired) electrons. The van der Waals surface area contributed by atoms with Gasteiger partial charge < -0.3 is 19.1 Å². The van der Waals surface area contributed by atoms with Crippen LogP contribution in [0.2, 0.25) is 0 Å². The summed E-state index contributed by atoms with van der Waals surface area (Å²) in [5.74, 6) is 2.52. The molecule has 4 aromatic carbocycles. The van der Waals surface area contributed by atoms with Crippen molar-refractivity contribution < 1.29 is 19.1 Å². The number of rotatable bonds is 5. The summed E-state index contributed by atoms with van der Waals surface area (Å²) < 4.78 is 12.0. The second kappa shape index (κ2) is 13.4. The maximum absolute atomic E-state index is 8.00. The molecule has 0 aliphatic carbocycles. The topological polar surface area (TPSA) is 52.6 Å². The van der Waals surface area contributed by atoms with Crippen LogP contribution in [0.3, 0.4) is 0 Å². The van der Waals surface area contributed by atoms with Crippen LogP contribution in [0.15, 0.2) is 97.1 Å². The first-order valence-electron chi connectivity index (χ1n) is 12.4. The maximum Gasteiger partial charge on any atom is 0.127 e. The zero-order valence-corrected chi connectivity index (χ0v) is 23.3. The lowest BCUT2D eigenvalue weighted by atomic mass is 9.86. The fourth-order valence-corrected chi connectivity index (χ4v) is 3.80. The maximum atomic E-state index is 8.00. The minimum Gasteiger partial charge on any atom is -0.488 e. The van der Waals surface area contributed by atoms with Crippen LogP contribution in [0.5, 0.6) is 17.2 Å². The van der Waals surface area contributed by atoms with Crippen molar-refractivity contribution in [3.8, 4) is 39.5 Å². The third-order valence-corrected chi connectivity index (χ3v) is 5.64. The molecule has 0 saturated heterocycles. The predicted octanol–water partition coefficient (Wildman–Crippen LogP) is 8.92. The molecule has 4 aromatic rings. The third kappa shape index (κ3) is 8.74. The highest BCUT2D eigenvalue weighted by molar-refractivity contribution is 5.66. The lowest BCUT2D eigenvalue weighted by Gasteiger charge is -2.21. The molecule has 4 rings (SSSR count). The van der Waals surface area contributed by atoms with Crippen molar-refractivity contribution in [3.05, 3.63) is 103 Å². The van der Waals surface area contributed by atoms with Crippen LogP contribution in [0.4, 0.5) is 0 Å². The molecule has 0 atom stereocenters. The Labute approximate surface area is 227 Å². The molecule has 0 fully saturated rings. The lowest BCUT2D eigenvalue weighted by Crippen LogP contribution is -2.22. The van der Waals surface area contributed by atoms with Gasteiger partial charge >= 0.3 is 0 Å². The number of hydrogen-bond acceptors (Lipinski definition) is 4. The molecule has 0 aromatic heterocycles. The molecule has 4 nitrogen and oxygen atoms in total. The average molecular weight is 511 g/mol. The average Bonchev–Trinajstić information content (AvgIpc) is 2.91. The summed E-state index contributed by atoms with van der Waals surface area (Å²) in [5, 5.41) is 0. The Hall–Kier alpha value is -4.18. The largest absolute Gasteiger partial charge is 0.488 e. The highest BCUT2D eigenvalue weighted by Gasteiger charge is 2.13. The van der Waals surface area contributed by atoms with Crippen molar-refractivity contribution in [1.82, 2.24) is 0 Å². The van der Waals surface area contributed by atoms with Crippen LogP contribution < -0.4 is 9.47 Å². The first kappa shape index (κ1) is 30.0. The lowest BCUT2D eigenvalue weighted by molar-refractivity contribution is -0.0987. The van der Waals surface area contributed by atoms with Crippen molar-refractivity contribution in [2.45, 2.75) is 52.6 Å². The monoisotopic (exact) mass is 510 g/mol. The molecule has 0 unspecified atom stereocenters. The second-order valence-corrected chi connectivity index (χ2v) is 10.7. The Bertz CT molecular complexity index is 1240. The standard InChI is InChI=1S/C32H34O2.2CH2O/c1-31(2,3)27-15-7-23(8-16-27)24-9-17-28(18-10-24)33-29-19-11-25(12-20-29)26-13-21-30(22-14-26)34-32(4,5)6;2*1-2/h7-22H,1-6H3;2*1H2. The summed E-state index contributed by atoms with van der Waals surface area (Å²) in [6, 6.07) is 33.5. The third-order valence-electron chi connectivity index (χ3n) is 5.64. The van der Waals surface area contributed by atoms with E-state index in [0.29, 0.717) is 0 Å². The van der Waals surface area contributed by atoms with E-state index < -0.39 is 0 Å². The molecule has 0 amide bonds. The summed E-state index contributed by atoms with van der Waals surface area (Å²) in [7, 11) is 0. The van der Waals surface area contributed by atoms with Gasteiger partial charge in [0.05, 0.1) is 0 Å². The van der Waals surface area contributed by atoms with Gasteiger partial charge in [0.15, 0.2) is 0 Å². The van der Waals surface area contributed by atoms with Gasteiger partial charge in [0.2, 0.25) is 0 Å². The first-order valence-corrected chi connectivity index (χ1v) is 12.4. The highest BCUT2D eigenvalue weighted by Crippen LogP contribution is 2.30. The van der Waals surface area contributed by atoms with Gasteiger partial charge in [0, 0.05) is 0 Å². The van der Waals surface area contributed by atoms with Gasteiger partial charge in [0.25, 0.3) is 0 Å². The van der Waals surface area contributed by atoms with E-state index in [1.54, 1.807) is 0 Å². The van der Waals surface area contributed by atoms with Crippen molar-refractivity contribution >= 4 is 13.6 Å².